The highest BCUT2D eigenvalue weighted by Crippen LogP contribution is 2.11. The first-order chi connectivity index (χ1) is 12.5. The Morgan fingerprint density at radius 1 is 1.19 bits per heavy atom. The molecule has 0 aliphatic heterocycles. The normalized spacial score (nSPS) is 11.0. The van der Waals surface area contributed by atoms with Crippen LogP contribution in [0.5, 0.6) is 0 Å². The number of nitrogens with one attached hydrogen (secondary N) is 1. The molecule has 1 aromatic heterocycles. The molecular weight excluding hydrogens is 392 g/mol. The zero-order chi connectivity index (χ0) is 18.5. The first kappa shape index (κ1) is 18.1. The van der Waals surface area contributed by atoms with E-state index < -0.39 is 0 Å². The van der Waals surface area contributed by atoms with Crippen LogP contribution in [0, 0.1) is 13.8 Å². The molecule has 0 spiro atoms. The van der Waals surface area contributed by atoms with Crippen LogP contribution < -0.4 is 5.43 Å². The molecule has 2 aromatic carbocycles. The quantitative estimate of drug-likeness (QED) is 0.508. The van der Waals surface area contributed by atoms with Crippen molar-refractivity contribution in [3.63, 3.8) is 0 Å². The number of aromatic nitrogens is 2. The zero-order valence-electron chi connectivity index (χ0n) is 14.6. The number of halogens is 1. The second kappa shape index (κ2) is 8.10. The molecule has 132 valence electrons. The van der Waals surface area contributed by atoms with Gasteiger partial charge in [-0.2, -0.15) is 10.2 Å². The third kappa shape index (κ3) is 4.67. The molecule has 3 aromatic rings. The molecule has 0 saturated heterocycles. The van der Waals surface area contributed by atoms with Gasteiger partial charge in [0.05, 0.1) is 18.5 Å². The van der Waals surface area contributed by atoms with Crippen LogP contribution in [0.15, 0.2) is 64.2 Å². The highest BCUT2D eigenvalue weighted by Gasteiger charge is 2.07. The van der Waals surface area contributed by atoms with E-state index in [2.05, 4.69) is 31.6 Å². The fourth-order valence-electron chi connectivity index (χ4n) is 2.64. The van der Waals surface area contributed by atoms with E-state index in [-0.39, 0.29) is 5.91 Å². The van der Waals surface area contributed by atoms with Gasteiger partial charge in [0, 0.05) is 15.7 Å². The molecule has 0 unspecified atom stereocenters. The molecule has 0 aliphatic rings. The molecule has 0 saturated carbocycles. The van der Waals surface area contributed by atoms with E-state index in [1.165, 1.54) is 0 Å². The largest absolute Gasteiger partial charge is 0.271 e. The van der Waals surface area contributed by atoms with Crippen molar-refractivity contribution >= 4 is 28.1 Å². The number of hydrazone groups is 1. The summed E-state index contributed by atoms with van der Waals surface area (Å²) in [4.78, 5) is 12.3. The average molecular weight is 411 g/mol. The molecule has 0 aliphatic carbocycles. The molecule has 0 atom stereocenters. The SMILES string of the molecule is Cc1cc(C)n(Cc2cccc(C(=O)N/N=C\c3cccc(Br)c3)c2)n1. The Hall–Kier alpha value is -2.73. The molecule has 0 bridgehead atoms. The van der Waals surface area contributed by atoms with Crippen LogP contribution in [-0.4, -0.2) is 21.9 Å². The number of hydrogen-bond acceptors (Lipinski definition) is 3. The smallest absolute Gasteiger partial charge is 0.267 e. The van der Waals surface area contributed by atoms with Crippen LogP contribution in [0.3, 0.4) is 0 Å². The first-order valence-electron chi connectivity index (χ1n) is 8.20. The van der Waals surface area contributed by atoms with Crippen LogP contribution in [0.1, 0.15) is 32.9 Å². The Morgan fingerprint density at radius 3 is 2.73 bits per heavy atom. The van der Waals surface area contributed by atoms with E-state index in [0.717, 1.165) is 27.0 Å². The van der Waals surface area contributed by atoms with Crippen LogP contribution in [0.2, 0.25) is 0 Å². The van der Waals surface area contributed by atoms with E-state index in [4.69, 9.17) is 0 Å². The molecule has 0 fully saturated rings. The Bertz CT molecular complexity index is 962. The number of benzene rings is 2. The van der Waals surface area contributed by atoms with E-state index in [9.17, 15) is 4.79 Å². The van der Waals surface area contributed by atoms with Gasteiger partial charge in [0.1, 0.15) is 0 Å². The molecule has 1 heterocycles. The molecule has 6 heteroatoms. The van der Waals surface area contributed by atoms with Crippen LogP contribution >= 0.6 is 15.9 Å². The summed E-state index contributed by atoms with van der Waals surface area (Å²) in [5, 5.41) is 8.49. The minimum atomic E-state index is -0.244. The van der Waals surface area contributed by atoms with Gasteiger partial charge in [-0.25, -0.2) is 5.43 Å². The van der Waals surface area contributed by atoms with Crippen molar-refractivity contribution in [2.24, 2.45) is 5.10 Å². The van der Waals surface area contributed by atoms with E-state index >= 15 is 0 Å². The number of nitrogens with zero attached hydrogens (tertiary/aromatic N) is 3. The van der Waals surface area contributed by atoms with Crippen LogP contribution in [0.4, 0.5) is 0 Å². The van der Waals surface area contributed by atoms with Crippen molar-refractivity contribution in [3.8, 4) is 0 Å². The second-order valence-corrected chi connectivity index (χ2v) is 6.95. The van der Waals surface area contributed by atoms with Crippen molar-refractivity contribution in [2.75, 3.05) is 0 Å². The lowest BCUT2D eigenvalue weighted by molar-refractivity contribution is 0.0955. The van der Waals surface area contributed by atoms with E-state index in [1.54, 1.807) is 12.3 Å². The number of aryl methyl sites for hydroxylation is 2. The summed E-state index contributed by atoms with van der Waals surface area (Å²) in [7, 11) is 0. The Morgan fingerprint density at radius 2 is 2.00 bits per heavy atom. The van der Waals surface area contributed by atoms with E-state index in [0.29, 0.717) is 12.1 Å². The molecule has 1 N–H and O–H groups in total. The fourth-order valence-corrected chi connectivity index (χ4v) is 3.05. The fraction of sp³-hybridized carbons (Fsp3) is 0.150. The minimum absolute atomic E-state index is 0.244. The lowest BCUT2D eigenvalue weighted by Gasteiger charge is -2.06. The number of carbonyl (C=O) groups is 1. The Labute approximate surface area is 160 Å². The monoisotopic (exact) mass is 410 g/mol. The number of rotatable bonds is 5. The average Bonchev–Trinajstić information content (AvgIpc) is 2.92. The van der Waals surface area contributed by atoms with Gasteiger partial charge in [-0.1, -0.05) is 40.2 Å². The van der Waals surface area contributed by atoms with Crippen molar-refractivity contribution in [1.82, 2.24) is 15.2 Å². The van der Waals surface area contributed by atoms with Crippen LogP contribution in [0.25, 0.3) is 0 Å². The summed E-state index contributed by atoms with van der Waals surface area (Å²) in [6.45, 7) is 4.62. The molecule has 3 rings (SSSR count). The highest BCUT2D eigenvalue weighted by atomic mass is 79.9. The standard InChI is InChI=1S/C20H19BrN4O/c1-14-9-15(2)25(24-14)13-17-6-3-7-18(10-17)20(26)23-22-12-16-5-4-8-19(21)11-16/h3-12H,13H2,1-2H3,(H,23,26)/b22-12-. The van der Waals surface area contributed by atoms with Crippen LogP contribution in [-0.2, 0) is 6.54 Å². The van der Waals surface area contributed by atoms with Crippen molar-refractivity contribution in [2.45, 2.75) is 20.4 Å². The van der Waals surface area contributed by atoms with Gasteiger partial charge in [0.15, 0.2) is 0 Å². The van der Waals surface area contributed by atoms with Gasteiger partial charge in [0.2, 0.25) is 0 Å². The lowest BCUT2D eigenvalue weighted by atomic mass is 10.1. The van der Waals surface area contributed by atoms with Gasteiger partial charge in [-0.3, -0.25) is 9.48 Å². The van der Waals surface area contributed by atoms with Gasteiger partial charge in [-0.05, 0) is 55.3 Å². The van der Waals surface area contributed by atoms with Crippen molar-refractivity contribution in [1.29, 1.82) is 0 Å². The number of hydrogen-bond donors (Lipinski definition) is 1. The zero-order valence-corrected chi connectivity index (χ0v) is 16.2. The maximum atomic E-state index is 12.3. The molecule has 0 radical (unpaired) electrons. The molecular formula is C20H19BrN4O. The Kier molecular flexibility index (Phi) is 5.63. The highest BCUT2D eigenvalue weighted by molar-refractivity contribution is 9.10. The molecule has 26 heavy (non-hydrogen) atoms. The van der Waals surface area contributed by atoms with Gasteiger partial charge < -0.3 is 0 Å². The third-order valence-electron chi connectivity index (χ3n) is 3.85. The number of carbonyl (C=O) groups excluding carboxylic acids is 1. The maximum absolute atomic E-state index is 12.3. The topological polar surface area (TPSA) is 59.3 Å². The first-order valence-corrected chi connectivity index (χ1v) is 8.99. The lowest BCUT2D eigenvalue weighted by Crippen LogP contribution is -2.18. The summed E-state index contributed by atoms with van der Waals surface area (Å²) >= 11 is 3.41. The van der Waals surface area contributed by atoms with Gasteiger partial charge in [0.25, 0.3) is 5.91 Å². The maximum Gasteiger partial charge on any atom is 0.271 e. The second-order valence-electron chi connectivity index (χ2n) is 6.04. The molecule has 5 nitrogen and oxygen atoms in total. The van der Waals surface area contributed by atoms with E-state index in [1.807, 2.05) is 67.1 Å². The van der Waals surface area contributed by atoms with Gasteiger partial charge >= 0.3 is 0 Å². The molecule has 1 amide bonds. The van der Waals surface area contributed by atoms with Crippen molar-refractivity contribution < 1.29 is 4.79 Å². The summed E-state index contributed by atoms with van der Waals surface area (Å²) in [6, 6.07) is 17.2. The minimum Gasteiger partial charge on any atom is -0.267 e. The third-order valence-corrected chi connectivity index (χ3v) is 4.35. The predicted octanol–water partition coefficient (Wildman–Crippen LogP) is 4.07. The summed E-state index contributed by atoms with van der Waals surface area (Å²) in [5.74, 6) is -0.244. The van der Waals surface area contributed by atoms with Gasteiger partial charge in [-0.15, -0.1) is 0 Å². The summed E-state index contributed by atoms with van der Waals surface area (Å²) in [6.07, 6.45) is 1.61. The van der Waals surface area contributed by atoms with Crippen molar-refractivity contribution in [3.05, 3.63) is 87.1 Å². The number of amides is 1. The predicted molar refractivity (Wildman–Crippen MR) is 106 cm³/mol. The summed E-state index contributed by atoms with van der Waals surface area (Å²) in [5.41, 5.74) is 7.12. The summed E-state index contributed by atoms with van der Waals surface area (Å²) < 4.78 is 2.89. The Balaban J connectivity index is 1.67.